The predicted molar refractivity (Wildman–Crippen MR) is 69.3 cm³/mol. The number of amides is 1. The van der Waals surface area contributed by atoms with Crippen molar-refractivity contribution in [3.63, 3.8) is 0 Å². The molecule has 1 unspecified atom stereocenters. The van der Waals surface area contributed by atoms with Crippen molar-refractivity contribution in [1.82, 2.24) is 4.90 Å². The summed E-state index contributed by atoms with van der Waals surface area (Å²) in [7, 11) is 3.35. The van der Waals surface area contributed by atoms with Gasteiger partial charge in [0.1, 0.15) is 5.75 Å². The van der Waals surface area contributed by atoms with Gasteiger partial charge >= 0.3 is 0 Å². The maximum atomic E-state index is 11.4. The van der Waals surface area contributed by atoms with E-state index >= 15 is 0 Å². The number of aliphatic hydroxyl groups is 1. The molecule has 0 spiro atoms. The minimum absolute atomic E-state index is 0.0105. The number of nitrogens with two attached hydrogens (primary N) is 1. The van der Waals surface area contributed by atoms with Crippen LogP contribution >= 0.6 is 0 Å². The maximum Gasteiger partial charge on any atom is 0.259 e. The molecule has 0 saturated heterocycles. The summed E-state index contributed by atoms with van der Waals surface area (Å²) in [6, 6.07) is 7.07. The van der Waals surface area contributed by atoms with Crippen molar-refractivity contribution < 1.29 is 14.6 Å². The van der Waals surface area contributed by atoms with Crippen molar-refractivity contribution >= 4 is 5.91 Å². The zero-order valence-electron chi connectivity index (χ0n) is 10.8. The molecule has 0 radical (unpaired) electrons. The Morgan fingerprint density at radius 2 is 2.22 bits per heavy atom. The molecule has 1 aromatic rings. The van der Waals surface area contributed by atoms with Crippen molar-refractivity contribution in [3.05, 3.63) is 29.8 Å². The Hall–Kier alpha value is -1.59. The number of hydrogen-bond donors (Lipinski definition) is 2. The lowest BCUT2D eigenvalue weighted by Crippen LogP contribution is -2.27. The second-order valence-corrected chi connectivity index (χ2v) is 4.24. The highest BCUT2D eigenvalue weighted by atomic mass is 16.5. The van der Waals surface area contributed by atoms with Gasteiger partial charge in [0.15, 0.2) is 6.61 Å². The minimum atomic E-state index is -0.594. The summed E-state index contributed by atoms with van der Waals surface area (Å²) < 4.78 is 5.36. The van der Waals surface area contributed by atoms with Crippen LogP contribution in [0.1, 0.15) is 18.1 Å². The molecule has 0 aliphatic heterocycles. The molecule has 0 fully saturated rings. The van der Waals surface area contributed by atoms with Gasteiger partial charge < -0.3 is 20.5 Å². The lowest BCUT2D eigenvalue weighted by Gasteiger charge is -2.13. The number of nitrogens with zero attached hydrogens (tertiary/aromatic N) is 1. The Labute approximate surface area is 107 Å². The maximum absolute atomic E-state index is 11.4. The molecule has 1 amide bonds. The summed E-state index contributed by atoms with van der Waals surface area (Å²) in [6.45, 7) is 0.412. The zero-order valence-corrected chi connectivity index (χ0v) is 10.8. The highest BCUT2D eigenvalue weighted by Gasteiger charge is 2.09. The predicted octanol–water partition coefficient (Wildman–Crippen LogP) is 0.536. The number of rotatable bonds is 6. The normalized spacial score (nSPS) is 12.0. The molecular weight excluding hydrogens is 232 g/mol. The van der Waals surface area contributed by atoms with Crippen molar-refractivity contribution in [2.45, 2.75) is 12.5 Å². The fourth-order valence-electron chi connectivity index (χ4n) is 1.41. The summed E-state index contributed by atoms with van der Waals surface area (Å²) in [5, 5.41) is 9.80. The zero-order chi connectivity index (χ0) is 13.5. The van der Waals surface area contributed by atoms with Crippen molar-refractivity contribution in [3.8, 4) is 5.75 Å². The van der Waals surface area contributed by atoms with Crippen LogP contribution in [0.3, 0.4) is 0 Å². The van der Waals surface area contributed by atoms with E-state index in [1.54, 1.807) is 38.4 Å². The number of hydrogen-bond acceptors (Lipinski definition) is 4. The first-order chi connectivity index (χ1) is 8.54. The number of carbonyl (C=O) groups excluding carboxylic acids is 1. The second-order valence-electron chi connectivity index (χ2n) is 4.24. The highest BCUT2D eigenvalue weighted by Crippen LogP contribution is 2.21. The van der Waals surface area contributed by atoms with Gasteiger partial charge in [-0.25, -0.2) is 0 Å². The third kappa shape index (κ3) is 4.35. The molecule has 5 nitrogen and oxygen atoms in total. The van der Waals surface area contributed by atoms with Crippen LogP contribution in [0, 0.1) is 0 Å². The topological polar surface area (TPSA) is 75.8 Å². The first-order valence-electron chi connectivity index (χ1n) is 5.85. The van der Waals surface area contributed by atoms with Crippen molar-refractivity contribution in [2.24, 2.45) is 5.73 Å². The van der Waals surface area contributed by atoms with E-state index in [2.05, 4.69) is 0 Å². The molecule has 3 N–H and O–H groups in total. The van der Waals surface area contributed by atoms with Crippen LogP contribution in [0.15, 0.2) is 24.3 Å². The van der Waals surface area contributed by atoms with E-state index < -0.39 is 6.10 Å². The number of ether oxygens (including phenoxy) is 1. The number of aliphatic hydroxyl groups excluding tert-OH is 1. The van der Waals surface area contributed by atoms with Crippen LogP contribution in [-0.2, 0) is 4.79 Å². The Morgan fingerprint density at radius 3 is 2.83 bits per heavy atom. The largest absolute Gasteiger partial charge is 0.484 e. The average Bonchev–Trinajstić information content (AvgIpc) is 2.36. The average molecular weight is 252 g/mol. The van der Waals surface area contributed by atoms with E-state index in [1.807, 2.05) is 0 Å². The van der Waals surface area contributed by atoms with E-state index in [9.17, 15) is 9.90 Å². The summed E-state index contributed by atoms with van der Waals surface area (Å²) in [4.78, 5) is 12.8. The van der Waals surface area contributed by atoms with Crippen LogP contribution in [0.4, 0.5) is 0 Å². The van der Waals surface area contributed by atoms with E-state index in [0.29, 0.717) is 18.7 Å². The monoisotopic (exact) mass is 252 g/mol. The Kier molecular flexibility index (Phi) is 5.61. The van der Waals surface area contributed by atoms with Crippen LogP contribution in [0.5, 0.6) is 5.75 Å². The first-order valence-corrected chi connectivity index (χ1v) is 5.85. The fraction of sp³-hybridized carbons (Fsp3) is 0.462. The third-order valence-electron chi connectivity index (χ3n) is 2.54. The summed E-state index contributed by atoms with van der Waals surface area (Å²) in [6.07, 6.45) is -0.0943. The SMILES string of the molecule is CN(C)C(=O)COc1cccc(C(O)CCN)c1. The molecule has 1 rings (SSSR count). The Morgan fingerprint density at radius 1 is 1.50 bits per heavy atom. The van der Waals surface area contributed by atoms with Gasteiger partial charge in [-0.05, 0) is 30.7 Å². The van der Waals surface area contributed by atoms with E-state index in [1.165, 1.54) is 4.90 Å². The van der Waals surface area contributed by atoms with Crippen LogP contribution in [-0.4, -0.2) is 43.2 Å². The summed E-state index contributed by atoms with van der Waals surface area (Å²) in [5.74, 6) is 0.460. The van der Waals surface area contributed by atoms with Crippen LogP contribution in [0.25, 0.3) is 0 Å². The molecular formula is C13H20N2O3. The molecule has 0 aliphatic carbocycles. The van der Waals surface area contributed by atoms with E-state index in [0.717, 1.165) is 5.56 Å². The number of carbonyl (C=O) groups is 1. The molecule has 0 aliphatic rings. The van der Waals surface area contributed by atoms with Gasteiger partial charge in [0.2, 0.25) is 0 Å². The first kappa shape index (κ1) is 14.5. The summed E-state index contributed by atoms with van der Waals surface area (Å²) in [5.41, 5.74) is 6.14. The standard InChI is InChI=1S/C13H20N2O3/c1-15(2)13(17)9-18-11-5-3-4-10(8-11)12(16)6-7-14/h3-5,8,12,16H,6-7,9,14H2,1-2H3. The van der Waals surface area contributed by atoms with Gasteiger partial charge in [-0.3, -0.25) is 4.79 Å². The fourth-order valence-corrected chi connectivity index (χ4v) is 1.41. The van der Waals surface area contributed by atoms with Gasteiger partial charge in [-0.2, -0.15) is 0 Å². The Balaban J connectivity index is 2.62. The summed E-state index contributed by atoms with van der Waals surface area (Å²) >= 11 is 0. The van der Waals surface area contributed by atoms with Crippen LogP contribution in [0.2, 0.25) is 0 Å². The Bertz CT molecular complexity index is 394. The third-order valence-corrected chi connectivity index (χ3v) is 2.54. The molecule has 1 atom stereocenters. The molecule has 0 saturated carbocycles. The molecule has 18 heavy (non-hydrogen) atoms. The van der Waals surface area contributed by atoms with Crippen molar-refractivity contribution in [2.75, 3.05) is 27.2 Å². The van der Waals surface area contributed by atoms with E-state index in [4.69, 9.17) is 10.5 Å². The smallest absolute Gasteiger partial charge is 0.259 e. The molecule has 100 valence electrons. The van der Waals surface area contributed by atoms with Crippen molar-refractivity contribution in [1.29, 1.82) is 0 Å². The second kappa shape index (κ2) is 6.98. The van der Waals surface area contributed by atoms with Crippen LogP contribution < -0.4 is 10.5 Å². The van der Waals surface area contributed by atoms with E-state index in [-0.39, 0.29) is 12.5 Å². The quantitative estimate of drug-likeness (QED) is 0.774. The molecule has 0 heterocycles. The molecule has 0 bridgehead atoms. The molecule has 5 heteroatoms. The number of benzene rings is 1. The minimum Gasteiger partial charge on any atom is -0.484 e. The van der Waals surface area contributed by atoms with Gasteiger partial charge in [-0.1, -0.05) is 12.1 Å². The number of likely N-dealkylation sites (N-methyl/N-ethyl adjacent to an activating group) is 1. The van der Waals surface area contributed by atoms with Gasteiger partial charge in [-0.15, -0.1) is 0 Å². The highest BCUT2D eigenvalue weighted by molar-refractivity contribution is 5.77. The lowest BCUT2D eigenvalue weighted by atomic mass is 10.1. The molecule has 0 aromatic heterocycles. The van der Waals surface area contributed by atoms with Gasteiger partial charge in [0.25, 0.3) is 5.91 Å². The van der Waals surface area contributed by atoms with Gasteiger partial charge in [0, 0.05) is 14.1 Å². The lowest BCUT2D eigenvalue weighted by molar-refractivity contribution is -0.130. The molecule has 1 aromatic carbocycles. The van der Waals surface area contributed by atoms with Gasteiger partial charge in [0.05, 0.1) is 6.10 Å².